The van der Waals surface area contributed by atoms with Gasteiger partial charge in [0.2, 0.25) is 0 Å². The van der Waals surface area contributed by atoms with Crippen molar-refractivity contribution < 1.29 is 0 Å². The van der Waals surface area contributed by atoms with Gasteiger partial charge in [-0.05, 0) is 54.7 Å². The van der Waals surface area contributed by atoms with Crippen LogP contribution in [0.4, 0.5) is 0 Å². The first-order chi connectivity index (χ1) is 9.31. The fourth-order valence-corrected chi connectivity index (χ4v) is 3.56. The maximum atomic E-state index is 3.79. The third-order valence-electron chi connectivity index (χ3n) is 4.49. The molecule has 1 nitrogen and oxygen atoms in total. The third-order valence-corrected chi connectivity index (χ3v) is 4.49. The van der Waals surface area contributed by atoms with E-state index in [0.29, 0.717) is 5.54 Å². The Balaban J connectivity index is 2.11. The highest BCUT2D eigenvalue weighted by molar-refractivity contribution is 5.28. The summed E-state index contributed by atoms with van der Waals surface area (Å²) >= 11 is 0. The summed E-state index contributed by atoms with van der Waals surface area (Å²) < 4.78 is 0. The van der Waals surface area contributed by atoms with E-state index in [4.69, 9.17) is 0 Å². The Hall–Kier alpha value is -0.820. The summed E-state index contributed by atoms with van der Waals surface area (Å²) in [6.45, 7) is 12.7. The summed E-state index contributed by atoms with van der Waals surface area (Å²) in [5.74, 6) is 0.759. The quantitative estimate of drug-likeness (QED) is 0.839. The molecular weight excluding hydrogens is 242 g/mol. The second-order valence-corrected chi connectivity index (χ2v) is 8.03. The maximum Gasteiger partial charge on any atom is 0.0224 e. The minimum Gasteiger partial charge on any atom is -0.311 e. The molecule has 1 fully saturated rings. The third kappa shape index (κ3) is 3.85. The molecule has 1 saturated heterocycles. The summed E-state index contributed by atoms with van der Waals surface area (Å²) in [5, 5.41) is 3.79. The Morgan fingerprint density at radius 2 is 1.80 bits per heavy atom. The highest BCUT2D eigenvalue weighted by Gasteiger charge is 2.33. The average Bonchev–Trinajstić information content (AvgIpc) is 2.76. The highest BCUT2D eigenvalue weighted by Crippen LogP contribution is 2.31. The second-order valence-electron chi connectivity index (χ2n) is 8.03. The number of hydrogen-bond donors (Lipinski definition) is 1. The molecule has 2 rings (SSSR count). The Morgan fingerprint density at radius 1 is 1.15 bits per heavy atom. The lowest BCUT2D eigenvalue weighted by Gasteiger charge is -2.32. The molecule has 112 valence electrons. The lowest BCUT2D eigenvalue weighted by atomic mass is 9.81. The van der Waals surface area contributed by atoms with Crippen molar-refractivity contribution in [2.75, 3.05) is 6.54 Å². The van der Waals surface area contributed by atoms with Crippen molar-refractivity contribution in [3.8, 4) is 0 Å². The van der Waals surface area contributed by atoms with Crippen LogP contribution >= 0.6 is 0 Å². The van der Waals surface area contributed by atoms with E-state index in [-0.39, 0.29) is 5.41 Å². The molecule has 0 bridgehead atoms. The molecule has 0 saturated carbocycles. The minimum atomic E-state index is 0.250. The van der Waals surface area contributed by atoms with Crippen LogP contribution in [0.15, 0.2) is 24.3 Å². The van der Waals surface area contributed by atoms with Crippen molar-refractivity contribution in [2.24, 2.45) is 5.92 Å². The molecule has 1 N–H and O–H groups in total. The zero-order chi connectivity index (χ0) is 14.8. The molecular formula is C19H31N. The molecule has 1 heteroatoms. The van der Waals surface area contributed by atoms with Crippen molar-refractivity contribution >= 4 is 0 Å². The number of hydrogen-bond acceptors (Lipinski definition) is 1. The molecule has 1 aliphatic rings. The number of nitrogens with one attached hydrogen (secondary N) is 1. The SMILES string of the molecule is CC(C)CC1(Cc2ccc(C(C)(C)C)cc2)CCCN1. The van der Waals surface area contributed by atoms with Gasteiger partial charge in [-0.2, -0.15) is 0 Å². The fraction of sp³-hybridized carbons (Fsp3) is 0.684. The summed E-state index contributed by atoms with van der Waals surface area (Å²) in [5.41, 5.74) is 3.50. The monoisotopic (exact) mass is 273 g/mol. The molecule has 1 aromatic rings. The zero-order valence-corrected chi connectivity index (χ0v) is 13.9. The predicted octanol–water partition coefficient (Wildman–Crippen LogP) is 4.69. The molecule has 1 heterocycles. The van der Waals surface area contributed by atoms with Crippen molar-refractivity contribution in [3.05, 3.63) is 35.4 Å². The Bertz CT molecular complexity index is 416. The van der Waals surface area contributed by atoms with Crippen LogP contribution < -0.4 is 5.32 Å². The van der Waals surface area contributed by atoms with Crippen molar-refractivity contribution in [1.82, 2.24) is 5.32 Å². The predicted molar refractivity (Wildman–Crippen MR) is 88.3 cm³/mol. The molecule has 0 spiro atoms. The van der Waals surface area contributed by atoms with Gasteiger partial charge in [0.05, 0.1) is 0 Å². The maximum absolute atomic E-state index is 3.79. The van der Waals surface area contributed by atoms with Crippen molar-refractivity contribution in [1.29, 1.82) is 0 Å². The first kappa shape index (κ1) is 15.6. The molecule has 1 atom stereocenters. The summed E-state index contributed by atoms with van der Waals surface area (Å²) in [6.07, 6.45) is 5.11. The van der Waals surface area contributed by atoms with Crippen LogP contribution in [0, 0.1) is 5.92 Å². The summed E-state index contributed by atoms with van der Waals surface area (Å²) in [4.78, 5) is 0. The fourth-order valence-electron chi connectivity index (χ4n) is 3.56. The van der Waals surface area contributed by atoms with Gasteiger partial charge >= 0.3 is 0 Å². The van der Waals surface area contributed by atoms with Gasteiger partial charge in [-0.25, -0.2) is 0 Å². The molecule has 0 aliphatic carbocycles. The highest BCUT2D eigenvalue weighted by atomic mass is 15.0. The number of rotatable bonds is 4. The van der Waals surface area contributed by atoms with E-state index in [1.54, 1.807) is 0 Å². The van der Waals surface area contributed by atoms with Crippen LogP contribution in [-0.2, 0) is 11.8 Å². The molecule has 1 unspecified atom stereocenters. The summed E-state index contributed by atoms with van der Waals surface area (Å²) in [7, 11) is 0. The Morgan fingerprint density at radius 3 is 2.25 bits per heavy atom. The normalized spacial score (nSPS) is 23.5. The lowest BCUT2D eigenvalue weighted by molar-refractivity contribution is 0.301. The van der Waals surface area contributed by atoms with Gasteiger partial charge in [-0.1, -0.05) is 58.9 Å². The van der Waals surface area contributed by atoms with Crippen LogP contribution in [0.3, 0.4) is 0 Å². The minimum absolute atomic E-state index is 0.250. The van der Waals surface area contributed by atoms with Gasteiger partial charge in [0, 0.05) is 5.54 Å². The van der Waals surface area contributed by atoms with Crippen LogP contribution in [-0.4, -0.2) is 12.1 Å². The molecule has 20 heavy (non-hydrogen) atoms. The first-order valence-electron chi connectivity index (χ1n) is 8.15. The second kappa shape index (κ2) is 5.89. The first-order valence-corrected chi connectivity index (χ1v) is 8.15. The van der Waals surface area contributed by atoms with Gasteiger partial charge in [-0.3, -0.25) is 0 Å². The van der Waals surface area contributed by atoms with E-state index in [1.165, 1.54) is 43.4 Å². The zero-order valence-electron chi connectivity index (χ0n) is 13.9. The number of benzene rings is 1. The Labute approximate surface area is 125 Å². The van der Waals surface area contributed by atoms with E-state index in [2.05, 4.69) is 64.2 Å². The summed E-state index contributed by atoms with van der Waals surface area (Å²) in [6, 6.07) is 9.30. The van der Waals surface area contributed by atoms with Crippen LogP contribution in [0.5, 0.6) is 0 Å². The Kier molecular flexibility index (Phi) is 4.59. The standard InChI is InChI=1S/C19H31N/c1-15(2)13-19(11-6-12-20-19)14-16-7-9-17(10-8-16)18(3,4)5/h7-10,15,20H,6,11-14H2,1-5H3. The van der Waals surface area contributed by atoms with E-state index in [0.717, 1.165) is 5.92 Å². The van der Waals surface area contributed by atoms with Gasteiger partial charge in [0.25, 0.3) is 0 Å². The van der Waals surface area contributed by atoms with Gasteiger partial charge in [-0.15, -0.1) is 0 Å². The van der Waals surface area contributed by atoms with E-state index < -0.39 is 0 Å². The van der Waals surface area contributed by atoms with Crippen molar-refractivity contribution in [3.63, 3.8) is 0 Å². The van der Waals surface area contributed by atoms with Gasteiger partial charge in [0.15, 0.2) is 0 Å². The van der Waals surface area contributed by atoms with Gasteiger partial charge < -0.3 is 5.32 Å². The molecule has 1 aliphatic heterocycles. The molecule has 0 aromatic heterocycles. The van der Waals surface area contributed by atoms with E-state index >= 15 is 0 Å². The lowest BCUT2D eigenvalue weighted by Crippen LogP contribution is -2.43. The smallest absolute Gasteiger partial charge is 0.0224 e. The topological polar surface area (TPSA) is 12.0 Å². The largest absolute Gasteiger partial charge is 0.311 e. The van der Waals surface area contributed by atoms with E-state index in [9.17, 15) is 0 Å². The molecule has 1 aromatic carbocycles. The molecule has 0 amide bonds. The van der Waals surface area contributed by atoms with Crippen molar-refractivity contribution in [2.45, 2.75) is 71.3 Å². The molecule has 0 radical (unpaired) electrons. The van der Waals surface area contributed by atoms with Crippen LogP contribution in [0.1, 0.15) is 65.0 Å². The average molecular weight is 273 g/mol. The van der Waals surface area contributed by atoms with Crippen LogP contribution in [0.25, 0.3) is 0 Å². The van der Waals surface area contributed by atoms with Crippen LogP contribution in [0.2, 0.25) is 0 Å². The van der Waals surface area contributed by atoms with Gasteiger partial charge in [0.1, 0.15) is 0 Å². The van der Waals surface area contributed by atoms with E-state index in [1.807, 2.05) is 0 Å².